The van der Waals surface area contributed by atoms with Crippen LogP contribution in [0.15, 0.2) is 51.5 Å². The molecule has 0 aliphatic heterocycles. The lowest BCUT2D eigenvalue weighted by Crippen LogP contribution is -2.12. The summed E-state index contributed by atoms with van der Waals surface area (Å²) in [6, 6.07) is 11.4. The fourth-order valence-corrected chi connectivity index (χ4v) is 3.68. The van der Waals surface area contributed by atoms with Crippen molar-refractivity contribution in [2.45, 2.75) is 10.9 Å². The van der Waals surface area contributed by atoms with E-state index in [-0.39, 0.29) is 0 Å². The Hall–Kier alpha value is -2.85. The summed E-state index contributed by atoms with van der Waals surface area (Å²) in [5.41, 5.74) is 0.773. The second kappa shape index (κ2) is 7.18. The lowest BCUT2D eigenvalue weighted by molar-refractivity contribution is 0.391. The van der Waals surface area contributed by atoms with Gasteiger partial charge in [0, 0.05) is 0 Å². The van der Waals surface area contributed by atoms with Gasteiger partial charge in [0.1, 0.15) is 5.75 Å². The number of ether oxygens (including phenoxy) is 1. The summed E-state index contributed by atoms with van der Waals surface area (Å²) in [4.78, 5) is 5.35. The standard InChI is InChI=1S/C16H14N6O2S2/c1-23-11-6-3-2-5-10(11)15-19-20-16(22(15)17)26-9-13-18-14(21-24-13)12-7-4-8-25-12/h2-8H,9,17H2,1H3. The van der Waals surface area contributed by atoms with E-state index in [4.69, 9.17) is 15.1 Å². The Morgan fingerprint density at radius 2 is 2.12 bits per heavy atom. The second-order valence-corrected chi connectivity index (χ2v) is 7.04. The van der Waals surface area contributed by atoms with Gasteiger partial charge in [-0.05, 0) is 23.6 Å². The third-order valence-electron chi connectivity index (χ3n) is 3.55. The Morgan fingerprint density at radius 3 is 2.92 bits per heavy atom. The molecule has 4 aromatic rings. The van der Waals surface area contributed by atoms with Gasteiger partial charge in [0.05, 0.1) is 23.3 Å². The molecule has 0 saturated heterocycles. The van der Waals surface area contributed by atoms with E-state index in [1.807, 2.05) is 41.8 Å². The number of para-hydroxylation sites is 1. The number of thiophene rings is 1. The number of rotatable bonds is 6. The normalized spacial score (nSPS) is 11.0. The minimum atomic E-state index is 0.444. The van der Waals surface area contributed by atoms with Gasteiger partial charge in [-0.1, -0.05) is 35.1 Å². The molecule has 2 N–H and O–H groups in total. The number of aromatic nitrogens is 5. The largest absolute Gasteiger partial charge is 0.496 e. The van der Waals surface area contributed by atoms with Crippen molar-refractivity contribution < 1.29 is 9.26 Å². The Balaban J connectivity index is 1.51. The van der Waals surface area contributed by atoms with Gasteiger partial charge >= 0.3 is 0 Å². The molecular formula is C16H14N6O2S2. The van der Waals surface area contributed by atoms with Crippen molar-refractivity contribution in [3.63, 3.8) is 0 Å². The number of thioether (sulfide) groups is 1. The predicted octanol–water partition coefficient (Wildman–Crippen LogP) is 3.07. The zero-order chi connectivity index (χ0) is 17.9. The highest BCUT2D eigenvalue weighted by atomic mass is 32.2. The van der Waals surface area contributed by atoms with Crippen LogP contribution < -0.4 is 10.6 Å². The molecular weight excluding hydrogens is 372 g/mol. The molecule has 0 bridgehead atoms. The fourth-order valence-electron chi connectivity index (χ4n) is 2.33. The molecule has 0 amide bonds. The van der Waals surface area contributed by atoms with Crippen LogP contribution in [0.25, 0.3) is 22.1 Å². The number of hydrogen-bond acceptors (Lipinski definition) is 9. The summed E-state index contributed by atoms with van der Waals surface area (Å²) in [5.74, 6) is 8.89. The number of nitrogens with zero attached hydrogens (tertiary/aromatic N) is 5. The lowest BCUT2D eigenvalue weighted by Gasteiger charge is -2.07. The van der Waals surface area contributed by atoms with Crippen LogP contribution >= 0.6 is 23.1 Å². The van der Waals surface area contributed by atoms with Gasteiger partial charge < -0.3 is 15.1 Å². The van der Waals surface area contributed by atoms with Crippen molar-refractivity contribution in [1.29, 1.82) is 0 Å². The van der Waals surface area contributed by atoms with E-state index in [0.717, 1.165) is 10.4 Å². The van der Waals surface area contributed by atoms with Gasteiger partial charge in [0.15, 0.2) is 5.82 Å². The molecule has 132 valence electrons. The number of nitrogen functional groups attached to an aromatic ring is 1. The minimum absolute atomic E-state index is 0.444. The second-order valence-electron chi connectivity index (χ2n) is 5.15. The van der Waals surface area contributed by atoms with Crippen LogP contribution in [0.5, 0.6) is 5.75 Å². The summed E-state index contributed by atoms with van der Waals surface area (Å²) in [5, 5.41) is 14.8. The molecule has 26 heavy (non-hydrogen) atoms. The maximum absolute atomic E-state index is 6.16. The zero-order valence-electron chi connectivity index (χ0n) is 13.7. The third kappa shape index (κ3) is 3.16. The first-order valence-corrected chi connectivity index (χ1v) is 9.46. The highest BCUT2D eigenvalue weighted by molar-refractivity contribution is 7.98. The zero-order valence-corrected chi connectivity index (χ0v) is 15.3. The number of hydrogen-bond donors (Lipinski definition) is 1. The summed E-state index contributed by atoms with van der Waals surface area (Å²) in [6.45, 7) is 0. The van der Waals surface area contributed by atoms with E-state index in [9.17, 15) is 0 Å². The average molecular weight is 386 g/mol. The summed E-state index contributed by atoms with van der Waals surface area (Å²) in [7, 11) is 1.60. The Morgan fingerprint density at radius 1 is 1.23 bits per heavy atom. The van der Waals surface area contributed by atoms with Gasteiger partial charge in [-0.25, -0.2) is 4.68 Å². The van der Waals surface area contributed by atoms with Crippen molar-refractivity contribution in [3.05, 3.63) is 47.7 Å². The van der Waals surface area contributed by atoms with Gasteiger partial charge in [-0.2, -0.15) is 4.98 Å². The van der Waals surface area contributed by atoms with Gasteiger partial charge in [0.2, 0.25) is 16.9 Å². The summed E-state index contributed by atoms with van der Waals surface area (Å²) < 4.78 is 12.1. The molecule has 8 nitrogen and oxygen atoms in total. The first kappa shape index (κ1) is 16.6. The smallest absolute Gasteiger partial charge is 0.237 e. The van der Waals surface area contributed by atoms with Crippen LogP contribution in [0.4, 0.5) is 0 Å². The van der Waals surface area contributed by atoms with Crippen LogP contribution in [0.1, 0.15) is 5.89 Å². The Bertz CT molecular complexity index is 1010. The Kier molecular flexibility index (Phi) is 4.59. The molecule has 10 heteroatoms. The molecule has 0 atom stereocenters. The molecule has 3 aromatic heterocycles. The van der Waals surface area contributed by atoms with Crippen molar-refractivity contribution in [3.8, 4) is 27.8 Å². The van der Waals surface area contributed by atoms with Gasteiger partial charge in [-0.15, -0.1) is 21.5 Å². The number of benzene rings is 1. The van der Waals surface area contributed by atoms with Crippen LogP contribution in [0, 0.1) is 0 Å². The lowest BCUT2D eigenvalue weighted by atomic mass is 10.2. The van der Waals surface area contributed by atoms with E-state index in [1.165, 1.54) is 16.4 Å². The average Bonchev–Trinajstić information content (AvgIpc) is 3.41. The van der Waals surface area contributed by atoms with Crippen molar-refractivity contribution in [2.24, 2.45) is 0 Å². The molecule has 0 spiro atoms. The van der Waals surface area contributed by atoms with E-state index >= 15 is 0 Å². The highest BCUT2D eigenvalue weighted by Crippen LogP contribution is 2.30. The number of nitrogens with two attached hydrogens (primary N) is 1. The summed E-state index contributed by atoms with van der Waals surface area (Å²) in [6.07, 6.45) is 0. The van der Waals surface area contributed by atoms with Gasteiger partial charge in [-0.3, -0.25) is 0 Å². The molecule has 0 aliphatic carbocycles. The summed E-state index contributed by atoms with van der Waals surface area (Å²) >= 11 is 2.93. The molecule has 1 aromatic carbocycles. The minimum Gasteiger partial charge on any atom is -0.496 e. The SMILES string of the molecule is COc1ccccc1-c1nnc(SCc2nc(-c3cccs3)no2)n1N. The van der Waals surface area contributed by atoms with E-state index < -0.39 is 0 Å². The van der Waals surface area contributed by atoms with Crippen LogP contribution in [-0.4, -0.2) is 32.1 Å². The Labute approximate surface area is 157 Å². The van der Waals surface area contributed by atoms with E-state index in [2.05, 4.69) is 20.3 Å². The fraction of sp³-hybridized carbons (Fsp3) is 0.125. The van der Waals surface area contributed by atoms with Crippen LogP contribution in [0.2, 0.25) is 0 Å². The van der Waals surface area contributed by atoms with E-state index in [1.54, 1.807) is 18.4 Å². The molecule has 0 fully saturated rings. The first-order valence-electron chi connectivity index (χ1n) is 7.59. The van der Waals surface area contributed by atoms with Crippen LogP contribution in [0.3, 0.4) is 0 Å². The topological polar surface area (TPSA) is 105 Å². The third-order valence-corrected chi connectivity index (χ3v) is 5.34. The molecule has 0 aliphatic rings. The molecule has 3 heterocycles. The molecule has 4 rings (SSSR count). The molecule has 0 saturated carbocycles. The van der Waals surface area contributed by atoms with E-state index in [0.29, 0.717) is 34.2 Å². The van der Waals surface area contributed by atoms with Crippen molar-refractivity contribution >= 4 is 23.1 Å². The maximum atomic E-state index is 6.16. The molecule has 0 radical (unpaired) electrons. The van der Waals surface area contributed by atoms with Crippen molar-refractivity contribution in [2.75, 3.05) is 13.0 Å². The monoisotopic (exact) mass is 386 g/mol. The predicted molar refractivity (Wildman–Crippen MR) is 99.3 cm³/mol. The molecule has 0 unspecified atom stereocenters. The van der Waals surface area contributed by atoms with Gasteiger partial charge in [0.25, 0.3) is 0 Å². The van der Waals surface area contributed by atoms with Crippen molar-refractivity contribution in [1.82, 2.24) is 25.0 Å². The van der Waals surface area contributed by atoms with Crippen LogP contribution in [-0.2, 0) is 5.75 Å². The highest BCUT2D eigenvalue weighted by Gasteiger charge is 2.17. The maximum Gasteiger partial charge on any atom is 0.237 e. The first-order chi connectivity index (χ1) is 12.8. The quantitative estimate of drug-likeness (QED) is 0.398. The number of methoxy groups -OCH3 is 1.